The topological polar surface area (TPSA) is 73.1 Å². The van der Waals surface area contributed by atoms with E-state index in [1.807, 2.05) is 13.0 Å². The molecule has 4 heteroatoms. The fourth-order valence-corrected chi connectivity index (χ4v) is 0.932. The van der Waals surface area contributed by atoms with Crippen LogP contribution in [0, 0.1) is 17.2 Å². The number of hydrogen-bond acceptors (Lipinski definition) is 3. The van der Waals surface area contributed by atoms with Crippen LogP contribution in [-0.4, -0.2) is 23.7 Å². The van der Waals surface area contributed by atoms with E-state index in [0.29, 0.717) is 6.42 Å². The molecule has 0 aromatic rings. The summed E-state index contributed by atoms with van der Waals surface area (Å²) >= 11 is 0. The summed E-state index contributed by atoms with van der Waals surface area (Å²) in [6.07, 6.45) is 1.37. The largest absolute Gasteiger partial charge is 0.394 e. The van der Waals surface area contributed by atoms with Gasteiger partial charge in [-0.1, -0.05) is 13.3 Å². The average Bonchev–Trinajstić information content (AvgIpc) is 2.13. The van der Waals surface area contributed by atoms with E-state index in [9.17, 15) is 4.79 Å². The van der Waals surface area contributed by atoms with Gasteiger partial charge in [-0.3, -0.25) is 4.79 Å². The molecule has 2 atom stereocenters. The van der Waals surface area contributed by atoms with E-state index < -0.39 is 5.92 Å². The van der Waals surface area contributed by atoms with Crippen molar-refractivity contribution in [1.29, 1.82) is 5.26 Å². The Morgan fingerprint density at radius 3 is 2.69 bits per heavy atom. The van der Waals surface area contributed by atoms with Gasteiger partial charge in [-0.2, -0.15) is 5.26 Å². The summed E-state index contributed by atoms with van der Waals surface area (Å²) in [6.45, 7) is 3.52. The summed E-state index contributed by atoms with van der Waals surface area (Å²) in [4.78, 5) is 11.3. The molecular weight excluding hydrogens is 168 g/mol. The molecule has 0 aromatic carbocycles. The van der Waals surface area contributed by atoms with Crippen LogP contribution >= 0.6 is 0 Å². The van der Waals surface area contributed by atoms with Crippen LogP contribution in [0.1, 0.15) is 26.7 Å². The van der Waals surface area contributed by atoms with Gasteiger partial charge in [-0.15, -0.1) is 0 Å². The first-order valence-electron chi connectivity index (χ1n) is 4.46. The zero-order valence-corrected chi connectivity index (χ0v) is 8.08. The molecule has 74 valence electrons. The Balaban J connectivity index is 4.00. The van der Waals surface area contributed by atoms with Crippen molar-refractivity contribution in [2.45, 2.75) is 32.7 Å². The molecule has 0 aromatic heterocycles. The Morgan fingerprint density at radius 2 is 2.31 bits per heavy atom. The van der Waals surface area contributed by atoms with Crippen molar-refractivity contribution in [2.24, 2.45) is 5.92 Å². The Labute approximate surface area is 78.6 Å². The smallest absolute Gasteiger partial charge is 0.237 e. The van der Waals surface area contributed by atoms with Crippen molar-refractivity contribution < 1.29 is 9.90 Å². The van der Waals surface area contributed by atoms with E-state index in [-0.39, 0.29) is 18.6 Å². The second-order valence-corrected chi connectivity index (χ2v) is 3.06. The number of aliphatic hydroxyl groups excluding tert-OH is 1. The normalized spacial score (nSPS) is 14.3. The summed E-state index contributed by atoms with van der Waals surface area (Å²) < 4.78 is 0. The number of aliphatic hydroxyl groups is 1. The lowest BCUT2D eigenvalue weighted by atomic mass is 10.0. The molecule has 0 heterocycles. The fraction of sp³-hybridized carbons (Fsp3) is 0.778. The Bertz CT molecular complexity index is 198. The highest BCUT2D eigenvalue weighted by Crippen LogP contribution is 2.04. The third-order valence-corrected chi connectivity index (χ3v) is 1.71. The summed E-state index contributed by atoms with van der Waals surface area (Å²) in [7, 11) is 0. The average molecular weight is 184 g/mol. The molecule has 1 amide bonds. The van der Waals surface area contributed by atoms with E-state index >= 15 is 0 Å². The first-order valence-corrected chi connectivity index (χ1v) is 4.46. The maximum Gasteiger partial charge on any atom is 0.237 e. The molecule has 0 radical (unpaired) electrons. The maximum atomic E-state index is 11.3. The SMILES string of the molecule is CCCC(C#N)C(=O)NC(C)CO. The fourth-order valence-electron chi connectivity index (χ4n) is 0.932. The van der Waals surface area contributed by atoms with E-state index in [1.54, 1.807) is 6.92 Å². The lowest BCUT2D eigenvalue weighted by Gasteiger charge is -2.13. The highest BCUT2D eigenvalue weighted by Gasteiger charge is 2.17. The number of carbonyl (C=O) groups excluding carboxylic acids is 1. The second-order valence-electron chi connectivity index (χ2n) is 3.06. The van der Waals surface area contributed by atoms with Gasteiger partial charge in [0.2, 0.25) is 5.91 Å². The van der Waals surface area contributed by atoms with Gasteiger partial charge in [-0.05, 0) is 13.3 Å². The number of nitrogens with one attached hydrogen (secondary N) is 1. The summed E-state index contributed by atoms with van der Waals surface area (Å²) in [5.74, 6) is -0.870. The number of nitriles is 1. The van der Waals surface area contributed by atoms with Crippen LogP contribution in [0.5, 0.6) is 0 Å². The van der Waals surface area contributed by atoms with Crippen molar-refractivity contribution in [3.8, 4) is 6.07 Å². The predicted molar refractivity (Wildman–Crippen MR) is 48.7 cm³/mol. The Morgan fingerprint density at radius 1 is 1.69 bits per heavy atom. The summed E-state index contributed by atoms with van der Waals surface area (Å²) in [5, 5.41) is 19.9. The summed E-state index contributed by atoms with van der Waals surface area (Å²) in [6, 6.07) is 1.66. The molecular formula is C9H16N2O2. The second kappa shape index (κ2) is 6.44. The number of carbonyl (C=O) groups is 1. The molecule has 13 heavy (non-hydrogen) atoms. The highest BCUT2D eigenvalue weighted by molar-refractivity contribution is 5.81. The predicted octanol–water partition coefficient (Wildman–Crippen LogP) is 0.423. The van der Waals surface area contributed by atoms with Crippen LogP contribution in [0.4, 0.5) is 0 Å². The molecule has 0 fully saturated rings. The minimum atomic E-state index is -0.584. The van der Waals surface area contributed by atoms with Crippen LogP contribution < -0.4 is 5.32 Å². The highest BCUT2D eigenvalue weighted by atomic mass is 16.3. The van der Waals surface area contributed by atoms with E-state index in [1.165, 1.54) is 0 Å². The van der Waals surface area contributed by atoms with Crippen LogP contribution in [-0.2, 0) is 4.79 Å². The number of hydrogen-bond donors (Lipinski definition) is 2. The first-order chi connectivity index (χ1) is 6.15. The van der Waals surface area contributed by atoms with Gasteiger partial charge in [0, 0.05) is 6.04 Å². The molecule has 0 bridgehead atoms. The van der Waals surface area contributed by atoms with E-state index in [2.05, 4.69) is 5.32 Å². The number of nitrogens with zero attached hydrogens (tertiary/aromatic N) is 1. The third-order valence-electron chi connectivity index (χ3n) is 1.71. The summed E-state index contributed by atoms with van der Waals surface area (Å²) in [5.41, 5.74) is 0. The van der Waals surface area contributed by atoms with Gasteiger partial charge in [0.15, 0.2) is 0 Å². The lowest BCUT2D eigenvalue weighted by molar-refractivity contribution is -0.124. The first kappa shape index (κ1) is 11.9. The van der Waals surface area contributed by atoms with Crippen molar-refractivity contribution >= 4 is 5.91 Å². The molecule has 2 unspecified atom stereocenters. The number of amides is 1. The molecule has 0 saturated carbocycles. The molecule has 4 nitrogen and oxygen atoms in total. The van der Waals surface area contributed by atoms with Crippen molar-refractivity contribution in [3.63, 3.8) is 0 Å². The van der Waals surface area contributed by atoms with Crippen molar-refractivity contribution in [2.75, 3.05) is 6.61 Å². The molecule has 0 saturated heterocycles. The monoisotopic (exact) mass is 184 g/mol. The van der Waals surface area contributed by atoms with Gasteiger partial charge in [0.05, 0.1) is 12.7 Å². The third kappa shape index (κ3) is 4.48. The van der Waals surface area contributed by atoms with Crippen LogP contribution in [0.3, 0.4) is 0 Å². The van der Waals surface area contributed by atoms with E-state index in [4.69, 9.17) is 10.4 Å². The van der Waals surface area contributed by atoms with Crippen LogP contribution in [0.25, 0.3) is 0 Å². The number of rotatable bonds is 5. The van der Waals surface area contributed by atoms with Crippen molar-refractivity contribution in [3.05, 3.63) is 0 Å². The molecule has 0 spiro atoms. The minimum absolute atomic E-state index is 0.101. The quantitative estimate of drug-likeness (QED) is 0.650. The van der Waals surface area contributed by atoms with Gasteiger partial charge >= 0.3 is 0 Å². The van der Waals surface area contributed by atoms with Gasteiger partial charge < -0.3 is 10.4 Å². The maximum absolute atomic E-state index is 11.3. The van der Waals surface area contributed by atoms with Gasteiger partial charge in [0.1, 0.15) is 5.92 Å². The van der Waals surface area contributed by atoms with Gasteiger partial charge in [0.25, 0.3) is 0 Å². The van der Waals surface area contributed by atoms with Crippen molar-refractivity contribution in [1.82, 2.24) is 5.32 Å². The molecule has 0 rings (SSSR count). The molecule has 2 N–H and O–H groups in total. The zero-order valence-electron chi connectivity index (χ0n) is 8.08. The Kier molecular flexibility index (Phi) is 5.90. The molecule has 0 aliphatic carbocycles. The molecule has 0 aliphatic heterocycles. The minimum Gasteiger partial charge on any atom is -0.394 e. The lowest BCUT2D eigenvalue weighted by Crippen LogP contribution is -2.38. The van der Waals surface area contributed by atoms with Gasteiger partial charge in [-0.25, -0.2) is 0 Å². The van der Waals surface area contributed by atoms with Crippen LogP contribution in [0.15, 0.2) is 0 Å². The standard InChI is InChI=1S/C9H16N2O2/c1-3-4-8(5-10)9(13)11-7(2)6-12/h7-8,12H,3-4,6H2,1-2H3,(H,11,13). The Hall–Kier alpha value is -1.08. The zero-order chi connectivity index (χ0) is 10.3. The van der Waals surface area contributed by atoms with E-state index in [0.717, 1.165) is 6.42 Å². The molecule has 0 aliphatic rings. The van der Waals surface area contributed by atoms with Crippen LogP contribution in [0.2, 0.25) is 0 Å².